The zero-order valence-electron chi connectivity index (χ0n) is 13.3. The monoisotopic (exact) mass is 284 g/mol. The summed E-state index contributed by atoms with van der Waals surface area (Å²) < 4.78 is 0. The molecular weight excluding hydrogens is 260 g/mol. The fraction of sp³-hybridized carbons (Fsp3) is 0.412. The van der Waals surface area contributed by atoms with Gasteiger partial charge in [0.05, 0.1) is 6.04 Å². The van der Waals surface area contributed by atoms with Crippen molar-refractivity contribution < 1.29 is 0 Å². The van der Waals surface area contributed by atoms with Gasteiger partial charge in [0.1, 0.15) is 17.5 Å². The minimum atomic E-state index is 0.175. The predicted molar refractivity (Wildman–Crippen MR) is 88.4 cm³/mol. The lowest BCUT2D eigenvalue weighted by Gasteiger charge is -2.19. The Bertz CT molecular complexity index is 622. The molecule has 3 N–H and O–H groups in total. The van der Waals surface area contributed by atoms with E-state index < -0.39 is 0 Å². The highest BCUT2D eigenvalue weighted by Gasteiger charge is 2.13. The van der Waals surface area contributed by atoms with Crippen LogP contribution in [-0.2, 0) is 6.42 Å². The van der Waals surface area contributed by atoms with E-state index in [-0.39, 0.29) is 6.04 Å². The van der Waals surface area contributed by atoms with E-state index in [9.17, 15) is 0 Å². The molecule has 2 rings (SSSR count). The minimum absolute atomic E-state index is 0.175. The van der Waals surface area contributed by atoms with Crippen LogP contribution >= 0.6 is 0 Å². The maximum Gasteiger partial charge on any atom is 0.135 e. The summed E-state index contributed by atoms with van der Waals surface area (Å²) in [6, 6.07) is 8.55. The molecule has 0 amide bonds. The summed E-state index contributed by atoms with van der Waals surface area (Å²) in [4.78, 5) is 8.96. The van der Waals surface area contributed by atoms with Crippen LogP contribution in [0.4, 0.5) is 11.6 Å². The van der Waals surface area contributed by atoms with Crippen molar-refractivity contribution in [3.63, 3.8) is 0 Å². The Morgan fingerprint density at radius 2 is 1.90 bits per heavy atom. The van der Waals surface area contributed by atoms with Gasteiger partial charge in [0, 0.05) is 12.0 Å². The van der Waals surface area contributed by atoms with Gasteiger partial charge in [-0.05, 0) is 38.3 Å². The van der Waals surface area contributed by atoms with E-state index in [4.69, 9.17) is 5.73 Å². The van der Waals surface area contributed by atoms with E-state index in [1.54, 1.807) is 0 Å². The minimum Gasteiger partial charge on any atom is -0.383 e. The lowest BCUT2D eigenvalue weighted by molar-refractivity contribution is 0.815. The third kappa shape index (κ3) is 3.51. The van der Waals surface area contributed by atoms with Crippen molar-refractivity contribution in [2.75, 3.05) is 11.1 Å². The van der Waals surface area contributed by atoms with Gasteiger partial charge in [0.15, 0.2) is 0 Å². The molecule has 0 spiro atoms. The normalized spacial score (nSPS) is 12.2. The summed E-state index contributed by atoms with van der Waals surface area (Å²) >= 11 is 0. The van der Waals surface area contributed by atoms with Gasteiger partial charge >= 0.3 is 0 Å². The van der Waals surface area contributed by atoms with Crippen LogP contribution in [0.1, 0.15) is 48.8 Å². The molecule has 4 nitrogen and oxygen atoms in total. The summed E-state index contributed by atoms with van der Waals surface area (Å²) in [6.07, 6.45) is 1.85. The van der Waals surface area contributed by atoms with E-state index in [2.05, 4.69) is 60.3 Å². The lowest BCUT2D eigenvalue weighted by Crippen LogP contribution is -2.13. The van der Waals surface area contributed by atoms with Crippen molar-refractivity contribution in [2.45, 2.75) is 46.6 Å². The van der Waals surface area contributed by atoms with Crippen LogP contribution < -0.4 is 11.1 Å². The first-order chi connectivity index (χ1) is 10.0. The molecule has 0 aliphatic carbocycles. The number of nitrogens with zero attached hydrogens (tertiary/aromatic N) is 2. The summed E-state index contributed by atoms with van der Waals surface area (Å²) in [5.74, 6) is 2.20. The molecule has 0 bridgehead atoms. The molecule has 0 aliphatic rings. The maximum absolute atomic E-state index is 6.00. The number of hydrogen-bond acceptors (Lipinski definition) is 4. The topological polar surface area (TPSA) is 63.8 Å². The number of nitrogens with two attached hydrogens (primary N) is 1. The highest BCUT2D eigenvalue weighted by molar-refractivity contribution is 5.56. The Morgan fingerprint density at radius 3 is 2.57 bits per heavy atom. The summed E-state index contributed by atoms with van der Waals surface area (Å²) in [7, 11) is 0. The highest BCUT2D eigenvalue weighted by Crippen LogP contribution is 2.25. The highest BCUT2D eigenvalue weighted by atomic mass is 15.1. The molecule has 1 unspecified atom stereocenters. The third-order valence-corrected chi connectivity index (χ3v) is 3.71. The molecule has 1 atom stereocenters. The third-order valence-electron chi connectivity index (χ3n) is 3.71. The molecule has 0 saturated carbocycles. The number of rotatable bonds is 5. The van der Waals surface area contributed by atoms with E-state index in [1.807, 2.05) is 6.92 Å². The van der Waals surface area contributed by atoms with E-state index >= 15 is 0 Å². The first kappa shape index (κ1) is 15.3. The number of nitrogens with one attached hydrogen (secondary N) is 1. The Balaban J connectivity index is 2.28. The van der Waals surface area contributed by atoms with Gasteiger partial charge in [-0.25, -0.2) is 9.97 Å². The van der Waals surface area contributed by atoms with E-state index in [0.717, 1.165) is 30.0 Å². The zero-order valence-corrected chi connectivity index (χ0v) is 13.3. The number of aromatic nitrogens is 2. The predicted octanol–water partition coefficient (Wildman–Crippen LogP) is 3.80. The number of nitrogen functional groups attached to an aromatic ring is 1. The second-order valence-corrected chi connectivity index (χ2v) is 5.47. The number of hydrogen-bond donors (Lipinski definition) is 2. The largest absolute Gasteiger partial charge is 0.383 e. The smallest absolute Gasteiger partial charge is 0.135 e. The van der Waals surface area contributed by atoms with Gasteiger partial charge in [-0.1, -0.05) is 31.2 Å². The Kier molecular flexibility index (Phi) is 4.78. The molecule has 1 aromatic heterocycles. The molecule has 21 heavy (non-hydrogen) atoms. The first-order valence-corrected chi connectivity index (χ1v) is 7.48. The quantitative estimate of drug-likeness (QED) is 0.876. The van der Waals surface area contributed by atoms with Gasteiger partial charge in [0.2, 0.25) is 0 Å². The van der Waals surface area contributed by atoms with Crippen molar-refractivity contribution in [3.05, 3.63) is 46.8 Å². The van der Waals surface area contributed by atoms with Crippen molar-refractivity contribution >= 4 is 11.6 Å². The standard InChI is InChI=1S/C17H24N4/c1-5-8-15-20-16(18)12(3)17(21-15)19-13(4)14-10-7-6-9-11(14)2/h6-7,9-10,13H,5,8H2,1-4H3,(H3,18,19,20,21). The SMILES string of the molecule is CCCc1nc(N)c(C)c(NC(C)c2ccccc2C)n1. The van der Waals surface area contributed by atoms with Crippen LogP contribution in [0, 0.1) is 13.8 Å². The summed E-state index contributed by atoms with van der Waals surface area (Å²) in [5.41, 5.74) is 9.46. The van der Waals surface area contributed by atoms with E-state index in [0.29, 0.717) is 5.82 Å². The summed E-state index contributed by atoms with van der Waals surface area (Å²) in [6.45, 7) is 8.33. The molecule has 1 heterocycles. The fourth-order valence-electron chi connectivity index (χ4n) is 2.41. The van der Waals surface area contributed by atoms with Crippen molar-refractivity contribution in [1.29, 1.82) is 0 Å². The van der Waals surface area contributed by atoms with Gasteiger partial charge < -0.3 is 11.1 Å². The fourth-order valence-corrected chi connectivity index (χ4v) is 2.41. The van der Waals surface area contributed by atoms with Crippen LogP contribution in [0.3, 0.4) is 0 Å². The second-order valence-electron chi connectivity index (χ2n) is 5.47. The van der Waals surface area contributed by atoms with Gasteiger partial charge in [0.25, 0.3) is 0 Å². The second kappa shape index (κ2) is 6.57. The van der Waals surface area contributed by atoms with Gasteiger partial charge in [-0.3, -0.25) is 0 Å². The van der Waals surface area contributed by atoms with Crippen LogP contribution in [-0.4, -0.2) is 9.97 Å². The van der Waals surface area contributed by atoms with Gasteiger partial charge in [-0.15, -0.1) is 0 Å². The lowest BCUT2D eigenvalue weighted by atomic mass is 10.0. The number of aryl methyl sites for hydroxylation is 2. The van der Waals surface area contributed by atoms with E-state index in [1.165, 1.54) is 11.1 Å². The van der Waals surface area contributed by atoms with Crippen LogP contribution in [0.25, 0.3) is 0 Å². The molecule has 1 aromatic carbocycles. The Hall–Kier alpha value is -2.10. The van der Waals surface area contributed by atoms with Gasteiger partial charge in [-0.2, -0.15) is 0 Å². The Morgan fingerprint density at radius 1 is 1.19 bits per heavy atom. The average molecular weight is 284 g/mol. The van der Waals surface area contributed by atoms with Crippen molar-refractivity contribution in [1.82, 2.24) is 9.97 Å². The molecule has 4 heteroatoms. The summed E-state index contributed by atoms with van der Waals surface area (Å²) in [5, 5.41) is 3.48. The maximum atomic E-state index is 6.00. The van der Waals surface area contributed by atoms with Crippen molar-refractivity contribution in [3.8, 4) is 0 Å². The first-order valence-electron chi connectivity index (χ1n) is 7.48. The number of anilines is 2. The average Bonchev–Trinajstić information content (AvgIpc) is 2.45. The molecule has 0 aliphatic heterocycles. The number of benzene rings is 1. The van der Waals surface area contributed by atoms with Crippen LogP contribution in [0.5, 0.6) is 0 Å². The molecule has 0 radical (unpaired) electrons. The van der Waals surface area contributed by atoms with Crippen LogP contribution in [0.2, 0.25) is 0 Å². The van der Waals surface area contributed by atoms with Crippen LogP contribution in [0.15, 0.2) is 24.3 Å². The molecule has 112 valence electrons. The van der Waals surface area contributed by atoms with Crippen molar-refractivity contribution in [2.24, 2.45) is 0 Å². The molecular formula is C17H24N4. The zero-order chi connectivity index (χ0) is 15.4. The Labute approximate surface area is 126 Å². The molecule has 0 saturated heterocycles. The molecule has 2 aromatic rings. The molecule has 0 fully saturated rings.